The fourth-order valence-electron chi connectivity index (χ4n) is 2.52. The first-order chi connectivity index (χ1) is 13.1. The number of ether oxygens (including phenoxy) is 1. The lowest BCUT2D eigenvalue weighted by molar-refractivity contribution is -0.274. The third kappa shape index (κ3) is 4.52. The van der Waals surface area contributed by atoms with Crippen LogP contribution in [0.15, 0.2) is 47.6 Å². The van der Waals surface area contributed by atoms with Crippen molar-refractivity contribution in [3.05, 3.63) is 53.1 Å². The van der Waals surface area contributed by atoms with Crippen molar-refractivity contribution in [1.82, 2.24) is 5.43 Å². The summed E-state index contributed by atoms with van der Waals surface area (Å²) in [4.78, 5) is 13.6. The fourth-order valence-corrected chi connectivity index (χ4v) is 2.87. The maximum Gasteiger partial charge on any atom is 0.573 e. The van der Waals surface area contributed by atoms with Gasteiger partial charge in [0.25, 0.3) is 5.91 Å². The van der Waals surface area contributed by atoms with E-state index in [-0.39, 0.29) is 16.4 Å². The van der Waals surface area contributed by atoms with Crippen LogP contribution in [-0.2, 0) is 4.79 Å². The SMILES string of the molecule is CN1C(=O)/C(=N\NC(=S)Nc2cccc(Cl)c2)c2cc(OC(F)(F)F)ccc21. The number of hydrogen-bond donors (Lipinski definition) is 2. The number of carbonyl (C=O) groups excluding carboxylic acids is 1. The van der Waals surface area contributed by atoms with Crippen LogP contribution in [0.25, 0.3) is 0 Å². The molecule has 0 unspecified atom stereocenters. The van der Waals surface area contributed by atoms with Gasteiger partial charge in [0.05, 0.1) is 5.69 Å². The van der Waals surface area contributed by atoms with Gasteiger partial charge in [-0.05, 0) is 48.6 Å². The van der Waals surface area contributed by atoms with E-state index in [1.54, 1.807) is 24.3 Å². The Morgan fingerprint density at radius 3 is 2.68 bits per heavy atom. The molecule has 0 saturated heterocycles. The second-order valence-electron chi connectivity index (χ2n) is 5.63. The molecular weight excluding hydrogens is 417 g/mol. The fraction of sp³-hybridized carbons (Fsp3) is 0.118. The number of alkyl halides is 3. The number of amides is 1. The number of halogens is 4. The minimum atomic E-state index is -4.85. The lowest BCUT2D eigenvalue weighted by Gasteiger charge is -2.11. The van der Waals surface area contributed by atoms with E-state index in [1.165, 1.54) is 18.0 Å². The van der Waals surface area contributed by atoms with E-state index in [0.717, 1.165) is 12.1 Å². The molecule has 6 nitrogen and oxygen atoms in total. The summed E-state index contributed by atoms with van der Waals surface area (Å²) in [6, 6.07) is 10.3. The summed E-state index contributed by atoms with van der Waals surface area (Å²) < 4.78 is 41.3. The maximum absolute atomic E-state index is 12.5. The maximum atomic E-state index is 12.5. The molecule has 11 heteroatoms. The molecule has 0 saturated carbocycles. The Bertz CT molecular complexity index is 981. The molecule has 0 fully saturated rings. The van der Waals surface area contributed by atoms with Gasteiger partial charge in [-0.25, -0.2) is 0 Å². The number of fused-ring (bicyclic) bond motifs is 1. The van der Waals surface area contributed by atoms with Crippen LogP contribution >= 0.6 is 23.8 Å². The second-order valence-corrected chi connectivity index (χ2v) is 6.47. The van der Waals surface area contributed by atoms with Gasteiger partial charge in [-0.2, -0.15) is 5.10 Å². The molecule has 0 aliphatic carbocycles. The number of anilines is 2. The van der Waals surface area contributed by atoms with Crippen LogP contribution < -0.4 is 20.4 Å². The zero-order valence-electron chi connectivity index (χ0n) is 14.2. The number of hydrogen-bond acceptors (Lipinski definition) is 4. The number of hydrazone groups is 1. The molecule has 146 valence electrons. The van der Waals surface area contributed by atoms with E-state index in [0.29, 0.717) is 16.4 Å². The molecule has 1 amide bonds. The van der Waals surface area contributed by atoms with Gasteiger partial charge in [0.2, 0.25) is 0 Å². The summed E-state index contributed by atoms with van der Waals surface area (Å²) in [6.07, 6.45) is -4.85. The van der Waals surface area contributed by atoms with Crippen molar-refractivity contribution in [1.29, 1.82) is 0 Å². The predicted octanol–water partition coefficient (Wildman–Crippen LogP) is 3.91. The Hall–Kier alpha value is -2.85. The quantitative estimate of drug-likeness (QED) is 0.573. The molecule has 2 N–H and O–H groups in total. The Kier molecular flexibility index (Phi) is 5.43. The lowest BCUT2D eigenvalue weighted by atomic mass is 10.1. The largest absolute Gasteiger partial charge is 0.573 e. The average Bonchev–Trinajstić information content (AvgIpc) is 2.82. The Balaban J connectivity index is 1.81. The average molecular weight is 429 g/mol. The van der Waals surface area contributed by atoms with Crippen LogP contribution in [0.5, 0.6) is 5.75 Å². The third-order valence-electron chi connectivity index (χ3n) is 3.68. The van der Waals surface area contributed by atoms with E-state index < -0.39 is 18.0 Å². The molecule has 0 radical (unpaired) electrons. The normalized spacial score (nSPS) is 14.8. The highest BCUT2D eigenvalue weighted by Gasteiger charge is 2.35. The molecule has 0 atom stereocenters. The van der Waals surface area contributed by atoms with E-state index >= 15 is 0 Å². The highest BCUT2D eigenvalue weighted by Crippen LogP contribution is 2.33. The number of thiocarbonyl (C=S) groups is 1. The Morgan fingerprint density at radius 2 is 2.00 bits per heavy atom. The first-order valence-electron chi connectivity index (χ1n) is 7.72. The summed E-state index contributed by atoms with van der Waals surface area (Å²) in [7, 11) is 1.48. The predicted molar refractivity (Wildman–Crippen MR) is 104 cm³/mol. The van der Waals surface area contributed by atoms with E-state index in [4.69, 9.17) is 23.8 Å². The van der Waals surface area contributed by atoms with Crippen LogP contribution in [0.2, 0.25) is 5.02 Å². The highest BCUT2D eigenvalue weighted by molar-refractivity contribution is 7.80. The number of likely N-dealkylation sites (N-methyl/N-ethyl adjacent to an activating group) is 1. The van der Waals surface area contributed by atoms with Crippen molar-refractivity contribution in [2.24, 2.45) is 5.10 Å². The van der Waals surface area contributed by atoms with Gasteiger partial charge < -0.3 is 15.0 Å². The Morgan fingerprint density at radius 1 is 1.25 bits per heavy atom. The van der Waals surface area contributed by atoms with Gasteiger partial charge in [0.1, 0.15) is 5.75 Å². The molecule has 0 aromatic heterocycles. The molecule has 2 aromatic carbocycles. The van der Waals surface area contributed by atoms with Crippen LogP contribution in [0.4, 0.5) is 24.5 Å². The van der Waals surface area contributed by atoms with E-state index in [1.807, 2.05) is 0 Å². The van der Waals surface area contributed by atoms with Crippen molar-refractivity contribution in [3.63, 3.8) is 0 Å². The summed E-state index contributed by atoms with van der Waals surface area (Å²) in [5.74, 6) is -0.959. The molecule has 1 aliphatic heterocycles. The van der Waals surface area contributed by atoms with Crippen molar-refractivity contribution in [2.45, 2.75) is 6.36 Å². The number of nitrogens with zero attached hydrogens (tertiary/aromatic N) is 2. The van der Waals surface area contributed by atoms with Crippen LogP contribution in [-0.4, -0.2) is 30.1 Å². The smallest absolute Gasteiger partial charge is 0.406 e. The molecule has 0 spiro atoms. The minimum Gasteiger partial charge on any atom is -0.406 e. The van der Waals surface area contributed by atoms with E-state index in [9.17, 15) is 18.0 Å². The van der Waals surface area contributed by atoms with Crippen molar-refractivity contribution in [2.75, 3.05) is 17.3 Å². The second kappa shape index (κ2) is 7.64. The number of benzene rings is 2. The molecule has 1 heterocycles. The topological polar surface area (TPSA) is 66.0 Å². The molecule has 2 aromatic rings. The summed E-state index contributed by atoms with van der Waals surface area (Å²) in [5.41, 5.74) is 3.59. The zero-order valence-corrected chi connectivity index (χ0v) is 15.7. The number of rotatable bonds is 3. The molecule has 3 rings (SSSR count). The van der Waals surface area contributed by atoms with Crippen LogP contribution in [0.3, 0.4) is 0 Å². The third-order valence-corrected chi connectivity index (χ3v) is 4.11. The van der Waals surface area contributed by atoms with Crippen LogP contribution in [0.1, 0.15) is 5.56 Å². The first-order valence-corrected chi connectivity index (χ1v) is 8.51. The van der Waals surface area contributed by atoms with Gasteiger partial charge in [0, 0.05) is 23.3 Å². The van der Waals surface area contributed by atoms with Gasteiger partial charge in [-0.3, -0.25) is 10.2 Å². The summed E-state index contributed by atoms with van der Waals surface area (Å²) in [6.45, 7) is 0. The van der Waals surface area contributed by atoms with Gasteiger partial charge in [-0.15, -0.1) is 13.2 Å². The molecule has 1 aliphatic rings. The lowest BCUT2D eigenvalue weighted by Crippen LogP contribution is -2.30. The van der Waals surface area contributed by atoms with Gasteiger partial charge >= 0.3 is 6.36 Å². The number of carbonyl (C=O) groups is 1. The van der Waals surface area contributed by atoms with E-state index in [2.05, 4.69) is 20.6 Å². The van der Waals surface area contributed by atoms with Gasteiger partial charge in [0.15, 0.2) is 10.8 Å². The highest BCUT2D eigenvalue weighted by atomic mass is 35.5. The van der Waals surface area contributed by atoms with Crippen LogP contribution in [0, 0.1) is 0 Å². The zero-order chi connectivity index (χ0) is 20.5. The standard InChI is InChI=1S/C17H12ClF3N4O2S/c1-25-13-6-5-11(27-17(19,20)21)8-12(13)14(15(25)26)23-24-16(28)22-10-4-2-3-9(18)7-10/h2-8H,1H3,(H2,22,24,28)/b23-14-. The summed E-state index contributed by atoms with van der Waals surface area (Å²) >= 11 is 11.0. The molecule has 28 heavy (non-hydrogen) atoms. The Labute approximate surface area is 167 Å². The number of nitrogens with one attached hydrogen (secondary N) is 2. The monoisotopic (exact) mass is 428 g/mol. The molecular formula is C17H12ClF3N4O2S. The minimum absolute atomic E-state index is 0.0707. The molecule has 0 bridgehead atoms. The van der Waals surface area contributed by atoms with Crippen molar-refractivity contribution >= 4 is 51.9 Å². The van der Waals surface area contributed by atoms with Gasteiger partial charge in [-0.1, -0.05) is 17.7 Å². The van der Waals surface area contributed by atoms with Crippen molar-refractivity contribution < 1.29 is 22.7 Å². The summed E-state index contributed by atoms with van der Waals surface area (Å²) in [5, 5.41) is 7.35. The van der Waals surface area contributed by atoms with Crippen molar-refractivity contribution in [3.8, 4) is 5.75 Å². The first kappa shape index (κ1) is 19.9.